The normalized spacial score (nSPS) is 16.9. The Morgan fingerprint density at radius 2 is 1.81 bits per heavy atom. The van der Waals surface area contributed by atoms with E-state index in [4.69, 9.17) is 23.2 Å². The highest BCUT2D eigenvalue weighted by Crippen LogP contribution is 2.25. The molecule has 1 nitrogen and oxygen atoms in total. The van der Waals surface area contributed by atoms with Crippen molar-refractivity contribution >= 4 is 35.6 Å². The van der Waals surface area contributed by atoms with Crippen LogP contribution in [0.3, 0.4) is 0 Å². The van der Waals surface area contributed by atoms with Gasteiger partial charge in [-0.2, -0.15) is 0 Å². The second-order valence-electron chi connectivity index (χ2n) is 4.15. The summed E-state index contributed by atoms with van der Waals surface area (Å²) in [5.74, 6) is 0.795. The third-order valence-electron chi connectivity index (χ3n) is 2.97. The fourth-order valence-electron chi connectivity index (χ4n) is 2.09. The van der Waals surface area contributed by atoms with Crippen LogP contribution in [0.1, 0.15) is 18.4 Å². The van der Waals surface area contributed by atoms with Gasteiger partial charge in [-0.1, -0.05) is 29.3 Å². The van der Waals surface area contributed by atoms with Gasteiger partial charge in [-0.15, -0.1) is 12.4 Å². The molecule has 0 spiro atoms. The number of nitrogens with one attached hydrogen (secondary N) is 1. The predicted molar refractivity (Wildman–Crippen MR) is 73.0 cm³/mol. The van der Waals surface area contributed by atoms with Crippen molar-refractivity contribution in [1.29, 1.82) is 0 Å². The first-order chi connectivity index (χ1) is 7.25. The van der Waals surface area contributed by atoms with E-state index in [1.807, 2.05) is 12.1 Å². The highest BCUT2D eigenvalue weighted by molar-refractivity contribution is 6.42. The van der Waals surface area contributed by atoms with Crippen LogP contribution in [0.2, 0.25) is 10.0 Å². The molecular weight excluding hydrogens is 264 g/mol. The van der Waals surface area contributed by atoms with Crippen molar-refractivity contribution in [3.63, 3.8) is 0 Å². The van der Waals surface area contributed by atoms with Crippen LogP contribution < -0.4 is 5.32 Å². The average Bonchev–Trinajstić information content (AvgIpc) is 2.25. The molecule has 0 amide bonds. The van der Waals surface area contributed by atoms with Crippen molar-refractivity contribution in [2.24, 2.45) is 5.92 Å². The molecule has 4 heteroatoms. The summed E-state index contributed by atoms with van der Waals surface area (Å²) < 4.78 is 0. The van der Waals surface area contributed by atoms with Gasteiger partial charge in [0.05, 0.1) is 10.0 Å². The van der Waals surface area contributed by atoms with Gasteiger partial charge >= 0.3 is 0 Å². The Bertz CT molecular complexity index is 335. The van der Waals surface area contributed by atoms with Crippen LogP contribution in [0, 0.1) is 5.92 Å². The molecule has 0 aromatic heterocycles. The van der Waals surface area contributed by atoms with E-state index in [1.165, 1.54) is 18.4 Å². The molecule has 0 radical (unpaired) electrons. The minimum Gasteiger partial charge on any atom is -0.317 e. The Labute approximate surface area is 113 Å². The summed E-state index contributed by atoms with van der Waals surface area (Å²) in [6.07, 6.45) is 3.65. The van der Waals surface area contributed by atoms with Crippen LogP contribution in [0.5, 0.6) is 0 Å². The van der Waals surface area contributed by atoms with Gasteiger partial charge in [0.15, 0.2) is 0 Å². The van der Waals surface area contributed by atoms with Gasteiger partial charge in [0.25, 0.3) is 0 Å². The quantitative estimate of drug-likeness (QED) is 0.865. The summed E-state index contributed by atoms with van der Waals surface area (Å²) in [4.78, 5) is 0. The summed E-state index contributed by atoms with van der Waals surface area (Å²) in [5.41, 5.74) is 1.30. The first-order valence-corrected chi connectivity index (χ1v) is 6.16. The minimum atomic E-state index is 0. The zero-order valence-electron chi connectivity index (χ0n) is 9.01. The number of hydrogen-bond donors (Lipinski definition) is 1. The Morgan fingerprint density at radius 3 is 2.44 bits per heavy atom. The zero-order valence-corrected chi connectivity index (χ0v) is 11.3. The van der Waals surface area contributed by atoms with Gasteiger partial charge in [-0.3, -0.25) is 0 Å². The summed E-state index contributed by atoms with van der Waals surface area (Å²) in [5, 5.41) is 4.69. The number of hydrogen-bond acceptors (Lipinski definition) is 1. The van der Waals surface area contributed by atoms with Gasteiger partial charge in [-0.05, 0) is 56.0 Å². The molecule has 1 aromatic carbocycles. The molecule has 16 heavy (non-hydrogen) atoms. The standard InChI is InChI=1S/C12H15Cl2N.ClH/c13-11-2-1-10(8-12(11)14)7-9-3-5-15-6-4-9;/h1-2,8-9,15H,3-7H2;1H. The van der Waals surface area contributed by atoms with E-state index < -0.39 is 0 Å². The van der Waals surface area contributed by atoms with Crippen LogP contribution in [0.15, 0.2) is 18.2 Å². The number of halogens is 3. The van der Waals surface area contributed by atoms with Crippen molar-refractivity contribution in [3.8, 4) is 0 Å². The molecule has 1 aliphatic heterocycles. The smallest absolute Gasteiger partial charge is 0.0595 e. The molecular formula is C12H16Cl3N. The molecule has 90 valence electrons. The van der Waals surface area contributed by atoms with Crippen molar-refractivity contribution in [1.82, 2.24) is 5.32 Å². The van der Waals surface area contributed by atoms with Gasteiger partial charge in [0.1, 0.15) is 0 Å². The van der Waals surface area contributed by atoms with Gasteiger partial charge < -0.3 is 5.32 Å². The average molecular weight is 281 g/mol. The lowest BCUT2D eigenvalue weighted by atomic mass is 9.91. The first-order valence-electron chi connectivity index (χ1n) is 5.40. The SMILES string of the molecule is Cl.Clc1ccc(CC2CCNCC2)cc1Cl. The molecule has 2 rings (SSSR count). The summed E-state index contributed by atoms with van der Waals surface area (Å²) in [7, 11) is 0. The van der Waals surface area contributed by atoms with Gasteiger partial charge in [-0.25, -0.2) is 0 Å². The second kappa shape index (κ2) is 6.70. The number of rotatable bonds is 2. The van der Waals surface area contributed by atoms with Crippen LogP contribution in [0.25, 0.3) is 0 Å². The van der Waals surface area contributed by atoms with Crippen molar-refractivity contribution in [2.45, 2.75) is 19.3 Å². The highest BCUT2D eigenvalue weighted by Gasteiger charge is 2.13. The third-order valence-corrected chi connectivity index (χ3v) is 3.71. The number of benzene rings is 1. The Hall–Kier alpha value is 0.0500. The molecule has 0 unspecified atom stereocenters. The van der Waals surface area contributed by atoms with Crippen LogP contribution in [-0.4, -0.2) is 13.1 Å². The molecule has 1 aromatic rings. The molecule has 0 aliphatic carbocycles. The molecule has 0 atom stereocenters. The topological polar surface area (TPSA) is 12.0 Å². The Balaban J connectivity index is 0.00000128. The van der Waals surface area contributed by atoms with E-state index in [0.717, 1.165) is 25.4 Å². The van der Waals surface area contributed by atoms with E-state index in [0.29, 0.717) is 10.0 Å². The Morgan fingerprint density at radius 1 is 1.12 bits per heavy atom. The fourth-order valence-corrected chi connectivity index (χ4v) is 2.41. The van der Waals surface area contributed by atoms with E-state index >= 15 is 0 Å². The third kappa shape index (κ3) is 3.81. The maximum Gasteiger partial charge on any atom is 0.0595 e. The van der Waals surface area contributed by atoms with Gasteiger partial charge in [0, 0.05) is 0 Å². The van der Waals surface area contributed by atoms with Crippen molar-refractivity contribution < 1.29 is 0 Å². The lowest BCUT2D eigenvalue weighted by molar-refractivity contribution is 0.372. The van der Waals surface area contributed by atoms with Crippen molar-refractivity contribution in [3.05, 3.63) is 33.8 Å². The first kappa shape index (κ1) is 14.1. The largest absolute Gasteiger partial charge is 0.317 e. The van der Waals surface area contributed by atoms with Crippen LogP contribution >= 0.6 is 35.6 Å². The molecule has 1 N–H and O–H groups in total. The summed E-state index contributed by atoms with van der Waals surface area (Å²) in [6, 6.07) is 5.96. The van der Waals surface area contributed by atoms with Gasteiger partial charge in [0.2, 0.25) is 0 Å². The molecule has 1 heterocycles. The summed E-state index contributed by atoms with van der Waals surface area (Å²) >= 11 is 11.9. The lowest BCUT2D eigenvalue weighted by Crippen LogP contribution is -2.28. The molecule has 1 fully saturated rings. The summed E-state index contributed by atoms with van der Waals surface area (Å²) in [6.45, 7) is 2.29. The van der Waals surface area contributed by atoms with E-state index in [1.54, 1.807) is 0 Å². The van der Waals surface area contributed by atoms with Crippen LogP contribution in [0.4, 0.5) is 0 Å². The minimum absolute atomic E-state index is 0. The predicted octanol–water partition coefficient (Wildman–Crippen LogP) is 3.96. The monoisotopic (exact) mass is 279 g/mol. The molecule has 0 bridgehead atoms. The maximum atomic E-state index is 5.99. The zero-order chi connectivity index (χ0) is 10.7. The highest BCUT2D eigenvalue weighted by atomic mass is 35.5. The second-order valence-corrected chi connectivity index (χ2v) is 4.96. The van der Waals surface area contributed by atoms with Crippen LogP contribution in [-0.2, 0) is 6.42 Å². The lowest BCUT2D eigenvalue weighted by Gasteiger charge is -2.22. The molecule has 0 saturated carbocycles. The number of piperidine rings is 1. The van der Waals surface area contributed by atoms with E-state index in [2.05, 4.69) is 11.4 Å². The van der Waals surface area contributed by atoms with E-state index in [9.17, 15) is 0 Å². The fraction of sp³-hybridized carbons (Fsp3) is 0.500. The van der Waals surface area contributed by atoms with Crippen molar-refractivity contribution in [2.75, 3.05) is 13.1 Å². The molecule has 1 saturated heterocycles. The maximum absolute atomic E-state index is 5.99. The Kier molecular flexibility index (Phi) is 5.91. The van der Waals surface area contributed by atoms with E-state index in [-0.39, 0.29) is 12.4 Å². The molecule has 1 aliphatic rings.